The van der Waals surface area contributed by atoms with E-state index in [1.165, 1.54) is 18.3 Å². The first kappa shape index (κ1) is 16.8. The Morgan fingerprint density at radius 3 is 2.58 bits per heavy atom. The molecule has 1 aromatic heterocycles. The standard InChI is InChI=1S/C17H20FN5O3/c1-17(12-22-10-15(23(24)25)19-16(22)26-17)11-20-6-8-21(9-7-20)14-4-2-13(18)3-5-14/h2-5,10H,6-9,11-12H2,1H3. The van der Waals surface area contributed by atoms with Gasteiger partial charge in [-0.15, -0.1) is 0 Å². The van der Waals surface area contributed by atoms with Crippen LogP contribution < -0.4 is 9.64 Å². The summed E-state index contributed by atoms with van der Waals surface area (Å²) in [5.74, 6) is -0.411. The summed E-state index contributed by atoms with van der Waals surface area (Å²) in [6.07, 6.45) is 1.42. The Morgan fingerprint density at radius 2 is 1.96 bits per heavy atom. The summed E-state index contributed by atoms with van der Waals surface area (Å²) >= 11 is 0. The van der Waals surface area contributed by atoms with E-state index in [0.29, 0.717) is 12.6 Å². The molecule has 1 saturated heterocycles. The monoisotopic (exact) mass is 361 g/mol. The van der Waals surface area contributed by atoms with E-state index in [0.717, 1.165) is 38.4 Å². The minimum atomic E-state index is -0.513. The Kier molecular flexibility index (Phi) is 4.03. The summed E-state index contributed by atoms with van der Waals surface area (Å²) in [6.45, 7) is 6.73. The number of halogens is 1. The SMILES string of the molecule is CC1(CN2CCN(c3ccc(F)cc3)CC2)Cn2cc([N+](=O)[O-])nc2O1. The van der Waals surface area contributed by atoms with Crippen LogP contribution in [-0.2, 0) is 6.54 Å². The van der Waals surface area contributed by atoms with Gasteiger partial charge in [0.1, 0.15) is 17.6 Å². The van der Waals surface area contributed by atoms with E-state index in [1.54, 1.807) is 16.7 Å². The summed E-state index contributed by atoms with van der Waals surface area (Å²) in [4.78, 5) is 18.8. The molecule has 0 saturated carbocycles. The van der Waals surface area contributed by atoms with Gasteiger partial charge in [0.25, 0.3) is 0 Å². The first-order chi connectivity index (χ1) is 12.4. The number of hydrogen-bond donors (Lipinski definition) is 0. The van der Waals surface area contributed by atoms with Crippen LogP contribution in [0.25, 0.3) is 0 Å². The van der Waals surface area contributed by atoms with Crippen molar-refractivity contribution in [2.45, 2.75) is 19.1 Å². The summed E-state index contributed by atoms with van der Waals surface area (Å²) in [7, 11) is 0. The van der Waals surface area contributed by atoms with Crippen molar-refractivity contribution in [3.8, 4) is 6.01 Å². The van der Waals surface area contributed by atoms with E-state index in [4.69, 9.17) is 4.74 Å². The van der Waals surface area contributed by atoms with Gasteiger partial charge in [-0.3, -0.25) is 9.47 Å². The molecule has 0 aliphatic carbocycles. The van der Waals surface area contributed by atoms with Gasteiger partial charge in [0.2, 0.25) is 0 Å². The molecule has 2 aliphatic rings. The summed E-state index contributed by atoms with van der Waals surface area (Å²) in [6, 6.07) is 6.88. The van der Waals surface area contributed by atoms with E-state index in [2.05, 4.69) is 14.8 Å². The Balaban J connectivity index is 1.33. The van der Waals surface area contributed by atoms with E-state index < -0.39 is 10.5 Å². The average Bonchev–Trinajstić information content (AvgIpc) is 3.11. The van der Waals surface area contributed by atoms with Crippen molar-refractivity contribution in [2.75, 3.05) is 37.6 Å². The van der Waals surface area contributed by atoms with Crippen molar-refractivity contribution in [3.63, 3.8) is 0 Å². The number of imidazole rings is 1. The van der Waals surface area contributed by atoms with E-state index in [-0.39, 0.29) is 11.6 Å². The molecule has 0 spiro atoms. The number of nitro groups is 1. The highest BCUT2D eigenvalue weighted by molar-refractivity contribution is 5.46. The highest BCUT2D eigenvalue weighted by Gasteiger charge is 2.41. The van der Waals surface area contributed by atoms with Gasteiger partial charge in [0.05, 0.1) is 6.54 Å². The molecule has 26 heavy (non-hydrogen) atoms. The molecule has 4 rings (SSSR count). The zero-order valence-electron chi connectivity index (χ0n) is 14.5. The van der Waals surface area contributed by atoms with E-state index >= 15 is 0 Å². The van der Waals surface area contributed by atoms with Crippen molar-refractivity contribution >= 4 is 11.5 Å². The minimum absolute atomic E-state index is 0.185. The number of ether oxygens (including phenoxy) is 1. The molecule has 0 N–H and O–H groups in total. The van der Waals surface area contributed by atoms with Gasteiger partial charge < -0.3 is 19.8 Å². The van der Waals surface area contributed by atoms with Crippen molar-refractivity contribution in [2.24, 2.45) is 0 Å². The fourth-order valence-electron chi connectivity index (χ4n) is 3.65. The lowest BCUT2D eigenvalue weighted by atomic mass is 10.1. The van der Waals surface area contributed by atoms with Crippen LogP contribution in [0.5, 0.6) is 6.01 Å². The molecule has 1 atom stereocenters. The first-order valence-corrected chi connectivity index (χ1v) is 8.55. The van der Waals surface area contributed by atoms with Crippen LogP contribution >= 0.6 is 0 Å². The summed E-state index contributed by atoms with van der Waals surface area (Å²) in [5, 5.41) is 10.8. The van der Waals surface area contributed by atoms with Crippen molar-refractivity contribution < 1.29 is 14.1 Å². The molecule has 1 aromatic carbocycles. The maximum atomic E-state index is 13.1. The number of rotatable bonds is 4. The molecule has 138 valence electrons. The lowest BCUT2D eigenvalue weighted by Gasteiger charge is -2.38. The average molecular weight is 361 g/mol. The Labute approximate surface area is 149 Å². The topological polar surface area (TPSA) is 76.7 Å². The van der Waals surface area contributed by atoms with Gasteiger partial charge in [-0.05, 0) is 36.1 Å². The van der Waals surface area contributed by atoms with E-state index in [1.807, 2.05) is 6.92 Å². The Morgan fingerprint density at radius 1 is 1.27 bits per heavy atom. The summed E-state index contributed by atoms with van der Waals surface area (Å²) < 4.78 is 20.7. The van der Waals surface area contributed by atoms with Crippen LogP contribution in [0.3, 0.4) is 0 Å². The Hall–Kier alpha value is -2.68. The molecule has 0 amide bonds. The third-order valence-corrected chi connectivity index (χ3v) is 4.88. The van der Waals surface area contributed by atoms with Gasteiger partial charge in [0.15, 0.2) is 0 Å². The molecule has 9 heteroatoms. The lowest BCUT2D eigenvalue weighted by molar-refractivity contribution is -0.389. The fraction of sp³-hybridized carbons (Fsp3) is 0.471. The second-order valence-corrected chi connectivity index (χ2v) is 7.06. The van der Waals surface area contributed by atoms with Crippen LogP contribution in [0.2, 0.25) is 0 Å². The molecule has 1 fully saturated rings. The minimum Gasteiger partial charge on any atom is -0.436 e. The molecular formula is C17H20FN5O3. The zero-order valence-corrected chi connectivity index (χ0v) is 14.5. The fourth-order valence-corrected chi connectivity index (χ4v) is 3.65. The smallest absolute Gasteiger partial charge is 0.415 e. The first-order valence-electron chi connectivity index (χ1n) is 8.55. The second-order valence-electron chi connectivity index (χ2n) is 7.06. The van der Waals surface area contributed by atoms with Crippen LogP contribution in [-0.4, -0.2) is 57.7 Å². The zero-order chi connectivity index (χ0) is 18.3. The number of fused-ring (bicyclic) bond motifs is 1. The van der Waals surface area contributed by atoms with Crippen LogP contribution in [0.4, 0.5) is 15.9 Å². The normalized spacial score (nSPS) is 22.9. The van der Waals surface area contributed by atoms with Gasteiger partial charge in [-0.2, -0.15) is 0 Å². The highest BCUT2D eigenvalue weighted by Crippen LogP contribution is 2.31. The Bertz CT molecular complexity index is 791. The van der Waals surface area contributed by atoms with Gasteiger partial charge in [-0.25, -0.2) is 4.39 Å². The van der Waals surface area contributed by atoms with Crippen molar-refractivity contribution in [1.29, 1.82) is 0 Å². The maximum Gasteiger partial charge on any atom is 0.415 e. The molecule has 2 aromatic rings. The highest BCUT2D eigenvalue weighted by atomic mass is 19.1. The number of nitrogens with zero attached hydrogens (tertiary/aromatic N) is 5. The third-order valence-electron chi connectivity index (χ3n) is 4.88. The molecule has 8 nitrogen and oxygen atoms in total. The van der Waals surface area contributed by atoms with Crippen LogP contribution in [0, 0.1) is 15.9 Å². The number of hydrogen-bond acceptors (Lipinski definition) is 6. The lowest BCUT2D eigenvalue weighted by Crippen LogP contribution is -2.52. The number of piperazine rings is 1. The van der Waals surface area contributed by atoms with Gasteiger partial charge in [-0.1, -0.05) is 0 Å². The maximum absolute atomic E-state index is 13.1. The van der Waals surface area contributed by atoms with E-state index in [9.17, 15) is 14.5 Å². The quantitative estimate of drug-likeness (QED) is 0.612. The van der Waals surface area contributed by atoms with Crippen molar-refractivity contribution in [3.05, 3.63) is 46.4 Å². The molecular weight excluding hydrogens is 341 g/mol. The van der Waals surface area contributed by atoms with Crippen LogP contribution in [0.1, 0.15) is 6.92 Å². The largest absolute Gasteiger partial charge is 0.436 e. The molecule has 2 aliphatic heterocycles. The third kappa shape index (κ3) is 3.22. The van der Waals surface area contributed by atoms with Crippen molar-refractivity contribution in [1.82, 2.24) is 14.5 Å². The molecule has 3 heterocycles. The molecule has 0 radical (unpaired) electrons. The van der Waals surface area contributed by atoms with Gasteiger partial charge in [0, 0.05) is 43.4 Å². The molecule has 1 unspecified atom stereocenters. The predicted octanol–water partition coefficient (Wildman–Crippen LogP) is 1.90. The number of anilines is 1. The molecule has 0 bridgehead atoms. The number of aromatic nitrogens is 2. The second kappa shape index (κ2) is 6.24. The van der Waals surface area contributed by atoms with Gasteiger partial charge >= 0.3 is 11.8 Å². The van der Waals surface area contributed by atoms with Crippen LogP contribution in [0.15, 0.2) is 30.5 Å². The number of benzene rings is 1. The predicted molar refractivity (Wildman–Crippen MR) is 93.0 cm³/mol. The summed E-state index contributed by atoms with van der Waals surface area (Å²) in [5.41, 5.74) is 0.581.